The molecule has 1 aromatic carbocycles. The number of nitrogens with zero attached hydrogens (tertiary/aromatic N) is 3. The summed E-state index contributed by atoms with van der Waals surface area (Å²) in [5.41, 5.74) is 2.59. The highest BCUT2D eigenvalue weighted by Crippen LogP contribution is 2.24. The lowest BCUT2D eigenvalue weighted by atomic mass is 10.1. The molecule has 3 amide bonds. The maximum Gasteiger partial charge on any atom is 0.327 e. The van der Waals surface area contributed by atoms with E-state index in [4.69, 9.17) is 4.52 Å². The number of imide groups is 1. The third-order valence-corrected chi connectivity index (χ3v) is 4.53. The lowest BCUT2D eigenvalue weighted by molar-refractivity contribution is -0.128. The molecule has 126 valence electrons. The van der Waals surface area contributed by atoms with Gasteiger partial charge in [0.25, 0.3) is 5.91 Å². The number of carbonyl (C=O) groups excluding carboxylic acids is 2. The number of likely N-dealkylation sites (N-methyl/N-ethyl adjacent to an activating group) is 1. The molecule has 1 atom stereocenters. The second-order valence-electron chi connectivity index (χ2n) is 6.05. The van der Waals surface area contributed by atoms with Crippen molar-refractivity contribution in [3.8, 4) is 0 Å². The first kappa shape index (κ1) is 16.2. The van der Waals surface area contributed by atoms with E-state index in [0.29, 0.717) is 12.8 Å². The van der Waals surface area contributed by atoms with E-state index in [1.807, 2.05) is 44.2 Å². The lowest BCUT2D eigenvalue weighted by Gasteiger charge is -2.15. The van der Waals surface area contributed by atoms with Crippen molar-refractivity contribution in [1.82, 2.24) is 15.0 Å². The van der Waals surface area contributed by atoms with Crippen molar-refractivity contribution in [3.63, 3.8) is 0 Å². The van der Waals surface area contributed by atoms with Crippen LogP contribution in [0, 0.1) is 6.92 Å². The summed E-state index contributed by atoms with van der Waals surface area (Å²) in [7, 11) is 1.68. The minimum atomic E-state index is -0.467. The van der Waals surface area contributed by atoms with E-state index in [1.54, 1.807) is 7.05 Å². The van der Waals surface area contributed by atoms with Gasteiger partial charge in [0.05, 0.1) is 12.2 Å². The Morgan fingerprint density at radius 3 is 2.58 bits per heavy atom. The number of benzene rings is 1. The van der Waals surface area contributed by atoms with Crippen LogP contribution in [0.3, 0.4) is 0 Å². The average molecular weight is 327 g/mol. The van der Waals surface area contributed by atoms with Gasteiger partial charge in [-0.25, -0.2) is 4.79 Å². The molecule has 0 aliphatic carbocycles. The Hall–Kier alpha value is -2.63. The summed E-state index contributed by atoms with van der Waals surface area (Å²) in [4.78, 5) is 28.1. The Balaban J connectivity index is 1.81. The van der Waals surface area contributed by atoms with Crippen LogP contribution in [0.5, 0.6) is 0 Å². The maximum absolute atomic E-state index is 12.8. The predicted octanol–water partition coefficient (Wildman–Crippen LogP) is 2.55. The summed E-state index contributed by atoms with van der Waals surface area (Å²) in [5, 5.41) is 3.95. The number of urea groups is 1. The van der Waals surface area contributed by atoms with Gasteiger partial charge in [-0.15, -0.1) is 0 Å². The van der Waals surface area contributed by atoms with Crippen molar-refractivity contribution >= 4 is 11.9 Å². The highest BCUT2D eigenvalue weighted by atomic mass is 16.5. The van der Waals surface area contributed by atoms with E-state index in [1.165, 1.54) is 9.80 Å². The number of rotatable bonds is 5. The topological polar surface area (TPSA) is 66.7 Å². The molecule has 2 aromatic rings. The first-order valence-corrected chi connectivity index (χ1v) is 8.09. The molecular formula is C18H21N3O3. The van der Waals surface area contributed by atoms with Crippen molar-refractivity contribution in [2.75, 3.05) is 7.05 Å². The Labute approximate surface area is 141 Å². The summed E-state index contributed by atoms with van der Waals surface area (Å²) in [6.45, 7) is 4.00. The fourth-order valence-corrected chi connectivity index (χ4v) is 3.04. The molecule has 1 fully saturated rings. The second kappa shape index (κ2) is 6.47. The van der Waals surface area contributed by atoms with E-state index >= 15 is 0 Å². The SMILES string of the molecule is CCc1onc(C)c1CN1C(=O)C(Cc2ccccc2)N(C)C1=O. The van der Waals surface area contributed by atoms with E-state index in [0.717, 1.165) is 22.6 Å². The van der Waals surface area contributed by atoms with Crippen LogP contribution in [0.25, 0.3) is 0 Å². The Morgan fingerprint density at radius 1 is 1.21 bits per heavy atom. The van der Waals surface area contributed by atoms with Gasteiger partial charge < -0.3 is 9.42 Å². The highest BCUT2D eigenvalue weighted by Gasteiger charge is 2.43. The van der Waals surface area contributed by atoms with Crippen LogP contribution in [-0.4, -0.2) is 40.0 Å². The van der Waals surface area contributed by atoms with Crippen molar-refractivity contribution in [1.29, 1.82) is 0 Å². The molecule has 1 aromatic heterocycles. The minimum Gasteiger partial charge on any atom is -0.361 e. The van der Waals surface area contributed by atoms with Gasteiger partial charge in [0.15, 0.2) is 0 Å². The number of hydrogen-bond acceptors (Lipinski definition) is 4. The van der Waals surface area contributed by atoms with Gasteiger partial charge in [-0.05, 0) is 12.5 Å². The van der Waals surface area contributed by atoms with Crippen LogP contribution >= 0.6 is 0 Å². The third kappa shape index (κ3) is 2.79. The first-order chi connectivity index (χ1) is 11.5. The summed E-state index contributed by atoms with van der Waals surface area (Å²) in [6.07, 6.45) is 1.19. The van der Waals surface area contributed by atoms with Gasteiger partial charge >= 0.3 is 6.03 Å². The molecule has 2 heterocycles. The van der Waals surface area contributed by atoms with Gasteiger partial charge in [0, 0.05) is 25.5 Å². The Kier molecular flexibility index (Phi) is 4.38. The average Bonchev–Trinajstić information content (AvgIpc) is 3.04. The molecule has 0 spiro atoms. The zero-order valence-electron chi connectivity index (χ0n) is 14.2. The Bertz CT molecular complexity index is 754. The van der Waals surface area contributed by atoms with Gasteiger partial charge in [-0.3, -0.25) is 9.69 Å². The van der Waals surface area contributed by atoms with Crippen molar-refractivity contribution in [3.05, 3.63) is 52.9 Å². The zero-order valence-corrected chi connectivity index (χ0v) is 14.2. The molecule has 1 unspecified atom stereocenters. The number of hydrogen-bond donors (Lipinski definition) is 0. The predicted molar refractivity (Wildman–Crippen MR) is 88.3 cm³/mol. The molecule has 6 nitrogen and oxygen atoms in total. The molecule has 24 heavy (non-hydrogen) atoms. The molecule has 6 heteroatoms. The van der Waals surface area contributed by atoms with Gasteiger partial charge in [-0.1, -0.05) is 42.4 Å². The van der Waals surface area contributed by atoms with Crippen LogP contribution in [0.15, 0.2) is 34.9 Å². The van der Waals surface area contributed by atoms with Crippen LogP contribution < -0.4 is 0 Å². The number of carbonyl (C=O) groups is 2. The van der Waals surface area contributed by atoms with E-state index in [2.05, 4.69) is 5.16 Å². The molecule has 0 saturated carbocycles. The normalized spacial score (nSPS) is 17.9. The van der Waals surface area contributed by atoms with Crippen LogP contribution in [0.1, 0.15) is 29.5 Å². The van der Waals surface area contributed by atoms with Crippen molar-refractivity contribution < 1.29 is 14.1 Å². The van der Waals surface area contributed by atoms with Gasteiger partial charge in [0.1, 0.15) is 11.8 Å². The molecule has 0 N–H and O–H groups in total. The van der Waals surface area contributed by atoms with Gasteiger partial charge in [0.2, 0.25) is 0 Å². The van der Waals surface area contributed by atoms with Crippen LogP contribution in [0.4, 0.5) is 4.79 Å². The van der Waals surface area contributed by atoms with E-state index < -0.39 is 6.04 Å². The zero-order chi connectivity index (χ0) is 17.3. The number of amides is 3. The minimum absolute atomic E-state index is 0.172. The Morgan fingerprint density at radius 2 is 1.92 bits per heavy atom. The lowest BCUT2D eigenvalue weighted by Crippen LogP contribution is -2.33. The number of aryl methyl sites for hydroxylation is 2. The summed E-state index contributed by atoms with van der Waals surface area (Å²) in [6, 6.07) is 8.99. The first-order valence-electron chi connectivity index (χ1n) is 8.09. The maximum atomic E-state index is 12.8. The largest absolute Gasteiger partial charge is 0.361 e. The molecule has 0 bridgehead atoms. The fraction of sp³-hybridized carbons (Fsp3) is 0.389. The van der Waals surface area contributed by atoms with Crippen molar-refractivity contribution in [2.24, 2.45) is 0 Å². The molecule has 3 rings (SSSR count). The number of aromatic nitrogens is 1. The van der Waals surface area contributed by atoms with E-state index in [-0.39, 0.29) is 18.5 Å². The quantitative estimate of drug-likeness (QED) is 0.792. The van der Waals surface area contributed by atoms with E-state index in [9.17, 15) is 9.59 Å². The molecule has 1 saturated heterocycles. The molecular weight excluding hydrogens is 306 g/mol. The molecule has 1 aliphatic heterocycles. The second-order valence-corrected chi connectivity index (χ2v) is 6.05. The monoisotopic (exact) mass is 327 g/mol. The summed E-state index contributed by atoms with van der Waals surface area (Å²) >= 11 is 0. The summed E-state index contributed by atoms with van der Waals surface area (Å²) in [5.74, 6) is 0.552. The highest BCUT2D eigenvalue weighted by molar-refractivity contribution is 6.04. The summed E-state index contributed by atoms with van der Waals surface area (Å²) < 4.78 is 5.26. The standard InChI is InChI=1S/C18H21N3O3/c1-4-16-14(12(2)19-24-16)11-21-17(22)15(20(3)18(21)23)10-13-8-6-5-7-9-13/h5-9,15H,4,10-11H2,1-3H3. The van der Waals surface area contributed by atoms with Gasteiger partial charge in [-0.2, -0.15) is 0 Å². The smallest absolute Gasteiger partial charge is 0.327 e. The fourth-order valence-electron chi connectivity index (χ4n) is 3.04. The third-order valence-electron chi connectivity index (χ3n) is 4.53. The van der Waals surface area contributed by atoms with Crippen LogP contribution in [-0.2, 0) is 24.2 Å². The molecule has 0 radical (unpaired) electrons. The van der Waals surface area contributed by atoms with Crippen molar-refractivity contribution in [2.45, 2.75) is 39.3 Å². The molecule has 1 aliphatic rings. The van der Waals surface area contributed by atoms with Crippen LogP contribution in [0.2, 0.25) is 0 Å².